The summed E-state index contributed by atoms with van der Waals surface area (Å²) in [6.45, 7) is 0. The highest BCUT2D eigenvalue weighted by molar-refractivity contribution is 6.15. The molecule has 0 spiro atoms. The second-order valence-corrected chi connectivity index (χ2v) is 17.6. The SMILES string of the molecule is c1ccc(-c2cccc3cccc(-c4ccccc4N(c4ccc(-c5cccc6c5ccc5ccccc56)cc4)c4ccc(-c5cccc6c7ccccc7n(-c7ccccc7)c56)cc4)c23)cc1. The smallest absolute Gasteiger partial charge is 0.0619 e. The molecule has 0 aliphatic rings. The Morgan fingerprint density at radius 1 is 0.265 bits per heavy atom. The fourth-order valence-corrected chi connectivity index (χ4v) is 10.7. The zero-order valence-electron chi connectivity index (χ0n) is 37.3. The average molecular weight is 865 g/mol. The lowest BCUT2D eigenvalue weighted by Crippen LogP contribution is -2.11. The van der Waals surface area contributed by atoms with Gasteiger partial charge in [-0.3, -0.25) is 0 Å². The standard InChI is InChI=1S/C66H44N2/c1-3-17-45(18-4-1)55-28-13-20-49-21-14-31-61(65(49)55)59-25-9-11-33-63(59)67(51-40-35-47(36-41-51)54-27-15-30-57-53-24-8-7-19-46(53)39-44-58(54)57)52-42-37-48(38-43-52)56-29-16-32-62-60-26-10-12-34-64(60)68(66(56)62)50-22-5-2-6-23-50/h1-44H. The molecule has 318 valence electrons. The van der Waals surface area contributed by atoms with E-state index in [0.717, 1.165) is 33.9 Å². The number of anilines is 3. The average Bonchev–Trinajstić information content (AvgIpc) is 3.76. The molecule has 13 rings (SSSR count). The van der Waals surface area contributed by atoms with Crippen molar-refractivity contribution in [1.82, 2.24) is 4.57 Å². The van der Waals surface area contributed by atoms with Crippen LogP contribution in [0.15, 0.2) is 267 Å². The molecule has 0 saturated heterocycles. The van der Waals surface area contributed by atoms with E-state index in [0.29, 0.717) is 0 Å². The maximum Gasteiger partial charge on any atom is 0.0619 e. The number of nitrogens with zero attached hydrogens (tertiary/aromatic N) is 2. The maximum absolute atomic E-state index is 2.44. The van der Waals surface area contributed by atoms with Gasteiger partial charge in [-0.05, 0) is 114 Å². The molecule has 1 heterocycles. The number of aromatic nitrogens is 1. The Morgan fingerprint density at radius 2 is 0.779 bits per heavy atom. The van der Waals surface area contributed by atoms with Crippen molar-refractivity contribution in [3.05, 3.63) is 267 Å². The Bertz CT molecular complexity index is 3990. The number of hydrogen-bond donors (Lipinski definition) is 0. The van der Waals surface area contributed by atoms with Gasteiger partial charge < -0.3 is 9.47 Å². The van der Waals surface area contributed by atoms with Crippen LogP contribution in [0.2, 0.25) is 0 Å². The Balaban J connectivity index is 0.990. The summed E-state index contributed by atoms with van der Waals surface area (Å²) in [6, 6.07) is 97.5. The third-order valence-electron chi connectivity index (χ3n) is 13.8. The van der Waals surface area contributed by atoms with Gasteiger partial charge in [0.2, 0.25) is 0 Å². The van der Waals surface area contributed by atoms with Gasteiger partial charge in [0, 0.05) is 39.0 Å². The summed E-state index contributed by atoms with van der Waals surface area (Å²) in [6.07, 6.45) is 0. The highest BCUT2D eigenvalue weighted by Crippen LogP contribution is 2.46. The normalized spacial score (nSPS) is 11.5. The molecule has 0 fully saturated rings. The Morgan fingerprint density at radius 3 is 1.54 bits per heavy atom. The van der Waals surface area contributed by atoms with Gasteiger partial charge >= 0.3 is 0 Å². The van der Waals surface area contributed by atoms with E-state index in [4.69, 9.17) is 0 Å². The lowest BCUT2D eigenvalue weighted by molar-refractivity contribution is 1.18. The van der Waals surface area contributed by atoms with Crippen molar-refractivity contribution in [3.63, 3.8) is 0 Å². The van der Waals surface area contributed by atoms with Crippen LogP contribution in [0.5, 0.6) is 0 Å². The lowest BCUT2D eigenvalue weighted by Gasteiger charge is -2.29. The van der Waals surface area contributed by atoms with Crippen LogP contribution in [0, 0.1) is 0 Å². The Hall–Kier alpha value is -8.98. The molecule has 2 heteroatoms. The molecular formula is C66H44N2. The van der Waals surface area contributed by atoms with E-state index in [1.54, 1.807) is 0 Å². The van der Waals surface area contributed by atoms with Gasteiger partial charge in [0.15, 0.2) is 0 Å². The number of rotatable bonds is 8. The molecular weight excluding hydrogens is 821 g/mol. The molecule has 13 aromatic rings. The topological polar surface area (TPSA) is 8.17 Å². The molecule has 12 aromatic carbocycles. The van der Waals surface area contributed by atoms with E-state index in [9.17, 15) is 0 Å². The molecule has 0 radical (unpaired) electrons. The number of fused-ring (bicyclic) bond motifs is 7. The summed E-state index contributed by atoms with van der Waals surface area (Å²) in [4.78, 5) is 2.44. The van der Waals surface area contributed by atoms with Crippen LogP contribution in [-0.4, -0.2) is 4.57 Å². The Kier molecular flexibility index (Phi) is 9.54. The van der Waals surface area contributed by atoms with Gasteiger partial charge in [-0.25, -0.2) is 0 Å². The predicted octanol–water partition coefficient (Wildman–Crippen LogP) is 18.4. The molecule has 0 bridgehead atoms. The molecule has 0 aliphatic heterocycles. The summed E-state index contributed by atoms with van der Waals surface area (Å²) < 4.78 is 2.42. The van der Waals surface area contributed by atoms with Gasteiger partial charge in [0.25, 0.3) is 0 Å². The molecule has 0 unspecified atom stereocenters. The van der Waals surface area contributed by atoms with Crippen molar-refractivity contribution in [2.75, 3.05) is 4.90 Å². The largest absolute Gasteiger partial charge is 0.310 e. The predicted molar refractivity (Wildman–Crippen MR) is 290 cm³/mol. The van der Waals surface area contributed by atoms with E-state index in [1.807, 2.05) is 0 Å². The van der Waals surface area contributed by atoms with Crippen molar-refractivity contribution in [2.24, 2.45) is 0 Å². The monoisotopic (exact) mass is 864 g/mol. The second kappa shape index (κ2) is 16.5. The van der Waals surface area contributed by atoms with Crippen molar-refractivity contribution in [3.8, 4) is 50.2 Å². The number of hydrogen-bond acceptors (Lipinski definition) is 1. The molecule has 0 aliphatic carbocycles. The van der Waals surface area contributed by atoms with Crippen molar-refractivity contribution in [2.45, 2.75) is 0 Å². The van der Waals surface area contributed by atoms with Gasteiger partial charge in [-0.15, -0.1) is 0 Å². The zero-order valence-corrected chi connectivity index (χ0v) is 37.3. The van der Waals surface area contributed by atoms with Crippen LogP contribution >= 0.6 is 0 Å². The van der Waals surface area contributed by atoms with E-state index in [-0.39, 0.29) is 0 Å². The van der Waals surface area contributed by atoms with E-state index < -0.39 is 0 Å². The first-order valence-corrected chi connectivity index (χ1v) is 23.4. The lowest BCUT2D eigenvalue weighted by atomic mass is 9.90. The minimum Gasteiger partial charge on any atom is -0.310 e. The molecule has 1 aromatic heterocycles. The highest BCUT2D eigenvalue weighted by Gasteiger charge is 2.21. The van der Waals surface area contributed by atoms with Crippen molar-refractivity contribution in [1.29, 1.82) is 0 Å². The van der Waals surface area contributed by atoms with E-state index >= 15 is 0 Å². The minimum absolute atomic E-state index is 1.07. The van der Waals surface area contributed by atoms with Gasteiger partial charge in [-0.2, -0.15) is 0 Å². The van der Waals surface area contributed by atoms with Crippen LogP contribution < -0.4 is 4.90 Å². The summed E-state index contributed by atoms with van der Waals surface area (Å²) >= 11 is 0. The number of para-hydroxylation sites is 4. The van der Waals surface area contributed by atoms with Crippen molar-refractivity contribution >= 4 is 71.2 Å². The maximum atomic E-state index is 2.44. The first-order valence-electron chi connectivity index (χ1n) is 23.4. The van der Waals surface area contributed by atoms with E-state index in [2.05, 4.69) is 276 Å². The van der Waals surface area contributed by atoms with Gasteiger partial charge in [-0.1, -0.05) is 218 Å². The second-order valence-electron chi connectivity index (χ2n) is 17.6. The summed E-state index contributed by atoms with van der Waals surface area (Å²) in [5.41, 5.74) is 16.3. The molecule has 68 heavy (non-hydrogen) atoms. The first-order chi connectivity index (χ1) is 33.8. The summed E-state index contributed by atoms with van der Waals surface area (Å²) in [5, 5.41) is 9.99. The minimum atomic E-state index is 1.07. The Labute approximate surface area is 395 Å². The third kappa shape index (κ3) is 6.57. The highest BCUT2D eigenvalue weighted by atomic mass is 15.1. The van der Waals surface area contributed by atoms with Crippen LogP contribution in [-0.2, 0) is 0 Å². The summed E-state index contributed by atoms with van der Waals surface area (Å²) in [7, 11) is 0. The third-order valence-corrected chi connectivity index (χ3v) is 13.8. The van der Waals surface area contributed by atoms with Crippen molar-refractivity contribution < 1.29 is 0 Å². The molecule has 0 atom stereocenters. The number of benzene rings is 12. The zero-order chi connectivity index (χ0) is 45.0. The van der Waals surface area contributed by atoms with E-state index in [1.165, 1.54) is 87.5 Å². The van der Waals surface area contributed by atoms with Crippen LogP contribution in [0.4, 0.5) is 17.1 Å². The van der Waals surface area contributed by atoms with Gasteiger partial charge in [0.05, 0.1) is 16.7 Å². The first kappa shape index (κ1) is 39.4. The fraction of sp³-hybridized carbons (Fsp3) is 0. The van der Waals surface area contributed by atoms with Crippen LogP contribution in [0.1, 0.15) is 0 Å². The van der Waals surface area contributed by atoms with Crippen LogP contribution in [0.25, 0.3) is 104 Å². The van der Waals surface area contributed by atoms with Crippen LogP contribution in [0.3, 0.4) is 0 Å². The quantitative estimate of drug-likeness (QED) is 0.138. The summed E-state index contributed by atoms with van der Waals surface area (Å²) in [5.74, 6) is 0. The molecule has 0 saturated carbocycles. The fourth-order valence-electron chi connectivity index (χ4n) is 10.7. The molecule has 2 nitrogen and oxygen atoms in total. The van der Waals surface area contributed by atoms with Gasteiger partial charge in [0.1, 0.15) is 0 Å². The molecule has 0 amide bonds. The molecule has 0 N–H and O–H groups in total.